The Kier molecular flexibility index (Phi) is 4.43. The maximum Gasteiger partial charge on any atom is 0.248 e. The van der Waals surface area contributed by atoms with E-state index >= 15 is 0 Å². The zero-order valence-electron chi connectivity index (χ0n) is 13.0. The summed E-state index contributed by atoms with van der Waals surface area (Å²) in [6.45, 7) is 0.124. The molecule has 5 nitrogen and oxygen atoms in total. The standard InChI is InChI=1S/C19H17N3O2/c20-19(24)15-6-3-7-17(11-15)22-18(23)12-21-16-9-8-13-4-1-2-5-14(13)10-16/h1-11,21H,12H2,(H2,20,24)(H,22,23). The number of benzene rings is 3. The second kappa shape index (κ2) is 6.83. The third-order valence-corrected chi connectivity index (χ3v) is 3.63. The van der Waals surface area contributed by atoms with E-state index in [0.717, 1.165) is 16.5 Å². The predicted molar refractivity (Wildman–Crippen MR) is 96.0 cm³/mol. The van der Waals surface area contributed by atoms with Crippen LogP contribution in [-0.4, -0.2) is 18.4 Å². The van der Waals surface area contributed by atoms with Gasteiger partial charge in [0.25, 0.3) is 0 Å². The number of carbonyl (C=O) groups excluding carboxylic acids is 2. The van der Waals surface area contributed by atoms with E-state index in [4.69, 9.17) is 5.73 Å². The molecule has 0 unspecified atom stereocenters. The summed E-state index contributed by atoms with van der Waals surface area (Å²) >= 11 is 0. The summed E-state index contributed by atoms with van der Waals surface area (Å²) in [5, 5.41) is 8.08. The van der Waals surface area contributed by atoms with Crippen LogP contribution >= 0.6 is 0 Å². The van der Waals surface area contributed by atoms with E-state index < -0.39 is 5.91 Å². The summed E-state index contributed by atoms with van der Waals surface area (Å²) in [6.07, 6.45) is 0. The zero-order chi connectivity index (χ0) is 16.9. The van der Waals surface area contributed by atoms with Crippen LogP contribution in [0, 0.1) is 0 Å². The Labute approximate surface area is 139 Å². The minimum Gasteiger partial charge on any atom is -0.376 e. The predicted octanol–water partition coefficient (Wildman–Crippen LogP) is 2.99. The third-order valence-electron chi connectivity index (χ3n) is 3.63. The second-order valence-electron chi connectivity index (χ2n) is 5.41. The highest BCUT2D eigenvalue weighted by Crippen LogP contribution is 2.18. The van der Waals surface area contributed by atoms with Crippen molar-refractivity contribution in [3.8, 4) is 0 Å². The molecule has 0 heterocycles. The molecule has 0 radical (unpaired) electrons. The molecule has 0 aliphatic carbocycles. The maximum atomic E-state index is 12.0. The Balaban J connectivity index is 1.62. The number of nitrogens with two attached hydrogens (primary N) is 1. The number of carbonyl (C=O) groups is 2. The molecule has 3 aromatic carbocycles. The first-order valence-electron chi connectivity index (χ1n) is 7.54. The molecule has 0 fully saturated rings. The Bertz CT molecular complexity index is 906. The van der Waals surface area contributed by atoms with Gasteiger partial charge in [-0.2, -0.15) is 0 Å². The SMILES string of the molecule is NC(=O)c1cccc(NC(=O)CNc2ccc3ccccc3c2)c1. The Morgan fingerprint density at radius 1 is 0.833 bits per heavy atom. The molecule has 4 N–H and O–H groups in total. The molecule has 3 rings (SSSR count). The minimum atomic E-state index is -0.527. The van der Waals surface area contributed by atoms with Crippen LogP contribution in [0.5, 0.6) is 0 Å². The van der Waals surface area contributed by atoms with Gasteiger partial charge >= 0.3 is 0 Å². The van der Waals surface area contributed by atoms with Gasteiger partial charge in [0.05, 0.1) is 6.54 Å². The molecule has 0 saturated heterocycles. The number of anilines is 2. The second-order valence-corrected chi connectivity index (χ2v) is 5.41. The molecule has 0 spiro atoms. The lowest BCUT2D eigenvalue weighted by atomic mass is 10.1. The van der Waals surface area contributed by atoms with Gasteiger partial charge in [-0.3, -0.25) is 9.59 Å². The number of amides is 2. The maximum absolute atomic E-state index is 12.0. The summed E-state index contributed by atoms with van der Waals surface area (Å²) in [5.74, 6) is -0.731. The zero-order valence-corrected chi connectivity index (χ0v) is 13.0. The van der Waals surface area contributed by atoms with E-state index in [0.29, 0.717) is 11.3 Å². The van der Waals surface area contributed by atoms with Crippen LogP contribution in [0.1, 0.15) is 10.4 Å². The number of fused-ring (bicyclic) bond motifs is 1. The van der Waals surface area contributed by atoms with Gasteiger partial charge in [0.2, 0.25) is 11.8 Å². The van der Waals surface area contributed by atoms with E-state index in [9.17, 15) is 9.59 Å². The highest BCUT2D eigenvalue weighted by atomic mass is 16.2. The molecule has 0 bridgehead atoms. The van der Waals surface area contributed by atoms with Crippen molar-refractivity contribution >= 4 is 34.0 Å². The first kappa shape index (κ1) is 15.6. The van der Waals surface area contributed by atoms with Gasteiger partial charge in [-0.15, -0.1) is 0 Å². The van der Waals surface area contributed by atoms with Crippen LogP contribution in [0.4, 0.5) is 11.4 Å². The topological polar surface area (TPSA) is 84.2 Å². The number of hydrogen-bond donors (Lipinski definition) is 3. The van der Waals surface area contributed by atoms with Gasteiger partial charge < -0.3 is 16.4 Å². The number of nitrogens with one attached hydrogen (secondary N) is 2. The van der Waals surface area contributed by atoms with Crippen molar-refractivity contribution in [2.75, 3.05) is 17.2 Å². The lowest BCUT2D eigenvalue weighted by Crippen LogP contribution is -2.22. The molecular weight excluding hydrogens is 302 g/mol. The Hall–Kier alpha value is -3.34. The molecule has 24 heavy (non-hydrogen) atoms. The van der Waals surface area contributed by atoms with Crippen LogP contribution in [-0.2, 0) is 4.79 Å². The van der Waals surface area contributed by atoms with E-state index in [-0.39, 0.29) is 12.5 Å². The average molecular weight is 319 g/mol. The lowest BCUT2D eigenvalue weighted by molar-refractivity contribution is -0.114. The molecule has 0 aliphatic rings. The number of hydrogen-bond acceptors (Lipinski definition) is 3. The highest BCUT2D eigenvalue weighted by Gasteiger charge is 2.05. The Morgan fingerprint density at radius 2 is 1.62 bits per heavy atom. The molecule has 5 heteroatoms. The van der Waals surface area contributed by atoms with Crippen LogP contribution < -0.4 is 16.4 Å². The Morgan fingerprint density at radius 3 is 2.42 bits per heavy atom. The first-order valence-corrected chi connectivity index (χ1v) is 7.54. The van der Waals surface area contributed by atoms with Crippen LogP contribution in [0.25, 0.3) is 10.8 Å². The molecule has 0 aliphatic heterocycles. The summed E-state index contributed by atoms with van der Waals surface area (Å²) in [6, 6.07) is 20.5. The molecule has 120 valence electrons. The molecular formula is C19H17N3O2. The van der Waals surface area contributed by atoms with Gasteiger partial charge in [-0.25, -0.2) is 0 Å². The fourth-order valence-corrected chi connectivity index (χ4v) is 2.44. The third kappa shape index (κ3) is 3.70. The van der Waals surface area contributed by atoms with Crippen molar-refractivity contribution < 1.29 is 9.59 Å². The van der Waals surface area contributed by atoms with Crippen LogP contribution in [0.15, 0.2) is 66.7 Å². The van der Waals surface area contributed by atoms with E-state index in [1.165, 1.54) is 0 Å². The molecule has 0 saturated carbocycles. The fraction of sp³-hybridized carbons (Fsp3) is 0.0526. The fourth-order valence-electron chi connectivity index (χ4n) is 2.44. The highest BCUT2D eigenvalue weighted by molar-refractivity contribution is 5.97. The van der Waals surface area contributed by atoms with Crippen molar-refractivity contribution in [1.82, 2.24) is 0 Å². The van der Waals surface area contributed by atoms with Gasteiger partial charge in [0, 0.05) is 16.9 Å². The largest absolute Gasteiger partial charge is 0.376 e. The quantitative estimate of drug-likeness (QED) is 0.676. The molecule has 0 atom stereocenters. The normalized spacial score (nSPS) is 10.3. The van der Waals surface area contributed by atoms with Crippen molar-refractivity contribution in [1.29, 1.82) is 0 Å². The van der Waals surface area contributed by atoms with Crippen molar-refractivity contribution in [3.63, 3.8) is 0 Å². The monoisotopic (exact) mass is 319 g/mol. The molecule has 3 aromatic rings. The van der Waals surface area contributed by atoms with Crippen molar-refractivity contribution in [3.05, 3.63) is 72.3 Å². The van der Waals surface area contributed by atoms with Gasteiger partial charge in [0.1, 0.15) is 0 Å². The molecule has 0 aromatic heterocycles. The lowest BCUT2D eigenvalue weighted by Gasteiger charge is -2.09. The summed E-state index contributed by atoms with van der Waals surface area (Å²) in [4.78, 5) is 23.2. The van der Waals surface area contributed by atoms with Gasteiger partial charge in [-0.05, 0) is 41.1 Å². The van der Waals surface area contributed by atoms with Crippen molar-refractivity contribution in [2.45, 2.75) is 0 Å². The van der Waals surface area contributed by atoms with Crippen LogP contribution in [0.3, 0.4) is 0 Å². The number of primary amides is 1. The van der Waals surface area contributed by atoms with Gasteiger partial charge in [-0.1, -0.05) is 36.4 Å². The van der Waals surface area contributed by atoms with E-state index in [1.807, 2.05) is 42.5 Å². The van der Waals surface area contributed by atoms with E-state index in [2.05, 4.69) is 10.6 Å². The number of rotatable bonds is 5. The van der Waals surface area contributed by atoms with Crippen molar-refractivity contribution in [2.24, 2.45) is 5.73 Å². The summed E-state index contributed by atoms with van der Waals surface area (Å²) in [5.41, 5.74) is 6.99. The van der Waals surface area contributed by atoms with E-state index in [1.54, 1.807) is 24.3 Å². The minimum absolute atomic E-state index is 0.124. The average Bonchev–Trinajstić information content (AvgIpc) is 2.60. The summed E-state index contributed by atoms with van der Waals surface area (Å²) < 4.78 is 0. The van der Waals surface area contributed by atoms with Crippen LogP contribution in [0.2, 0.25) is 0 Å². The smallest absolute Gasteiger partial charge is 0.248 e. The first-order chi connectivity index (χ1) is 11.6. The summed E-state index contributed by atoms with van der Waals surface area (Å²) in [7, 11) is 0. The van der Waals surface area contributed by atoms with Gasteiger partial charge in [0.15, 0.2) is 0 Å². The molecule has 2 amide bonds.